The zero-order valence-corrected chi connectivity index (χ0v) is 14.9. The third-order valence-corrected chi connectivity index (χ3v) is 5.27. The van der Waals surface area contributed by atoms with Crippen molar-refractivity contribution in [1.29, 1.82) is 0 Å². The number of ether oxygens (including phenoxy) is 2. The Labute approximate surface area is 153 Å². The van der Waals surface area contributed by atoms with Gasteiger partial charge in [0, 0.05) is 56.3 Å². The second-order valence-electron chi connectivity index (χ2n) is 6.97. The third-order valence-electron chi connectivity index (χ3n) is 5.27. The molecule has 1 amide bonds. The SMILES string of the molecule is O=C(C1CCOCC1)N1Cc2cccn2[C@H](CCOc2ccccn2)C1. The molecule has 4 rings (SSSR count). The van der Waals surface area contributed by atoms with Crippen LogP contribution in [0.25, 0.3) is 0 Å². The first-order valence-electron chi connectivity index (χ1n) is 9.37. The molecule has 1 atom stereocenters. The maximum Gasteiger partial charge on any atom is 0.226 e. The van der Waals surface area contributed by atoms with Crippen LogP contribution >= 0.6 is 0 Å². The molecule has 0 aromatic carbocycles. The van der Waals surface area contributed by atoms with Crippen LogP contribution < -0.4 is 4.74 Å². The van der Waals surface area contributed by atoms with Crippen LogP contribution in [-0.2, 0) is 16.1 Å². The normalized spacial score (nSPS) is 20.6. The topological polar surface area (TPSA) is 56.6 Å². The van der Waals surface area contributed by atoms with E-state index in [-0.39, 0.29) is 17.9 Å². The average Bonchev–Trinajstić information content (AvgIpc) is 3.18. The van der Waals surface area contributed by atoms with Crippen molar-refractivity contribution in [2.45, 2.75) is 31.8 Å². The predicted molar refractivity (Wildman–Crippen MR) is 96.8 cm³/mol. The van der Waals surface area contributed by atoms with E-state index in [1.165, 1.54) is 5.69 Å². The fourth-order valence-corrected chi connectivity index (χ4v) is 3.85. The van der Waals surface area contributed by atoms with Crippen LogP contribution in [0.15, 0.2) is 42.7 Å². The zero-order chi connectivity index (χ0) is 17.8. The lowest BCUT2D eigenvalue weighted by molar-refractivity contribution is -0.140. The Morgan fingerprint density at radius 2 is 2.12 bits per heavy atom. The number of hydrogen-bond acceptors (Lipinski definition) is 4. The number of carbonyl (C=O) groups is 1. The summed E-state index contributed by atoms with van der Waals surface area (Å²) in [6.45, 7) is 3.41. The van der Waals surface area contributed by atoms with Gasteiger partial charge in [-0.25, -0.2) is 4.98 Å². The Morgan fingerprint density at radius 3 is 2.92 bits per heavy atom. The Morgan fingerprint density at radius 1 is 1.23 bits per heavy atom. The summed E-state index contributed by atoms with van der Waals surface area (Å²) < 4.78 is 13.5. The molecule has 1 saturated heterocycles. The molecule has 2 aromatic heterocycles. The van der Waals surface area contributed by atoms with E-state index in [2.05, 4.69) is 27.9 Å². The molecule has 1 fully saturated rings. The van der Waals surface area contributed by atoms with Crippen LogP contribution in [0.4, 0.5) is 0 Å². The molecule has 6 heteroatoms. The van der Waals surface area contributed by atoms with Crippen molar-refractivity contribution in [2.75, 3.05) is 26.4 Å². The van der Waals surface area contributed by atoms with E-state index in [1.807, 2.05) is 23.1 Å². The fourth-order valence-electron chi connectivity index (χ4n) is 3.85. The van der Waals surface area contributed by atoms with Crippen molar-refractivity contribution in [3.8, 4) is 5.88 Å². The first kappa shape index (κ1) is 17.1. The minimum atomic E-state index is 0.107. The van der Waals surface area contributed by atoms with E-state index in [1.54, 1.807) is 6.20 Å². The highest BCUT2D eigenvalue weighted by molar-refractivity contribution is 5.79. The molecule has 0 aliphatic carbocycles. The highest BCUT2D eigenvalue weighted by Gasteiger charge is 2.32. The second kappa shape index (κ2) is 7.91. The van der Waals surface area contributed by atoms with E-state index < -0.39 is 0 Å². The van der Waals surface area contributed by atoms with Crippen molar-refractivity contribution in [3.63, 3.8) is 0 Å². The van der Waals surface area contributed by atoms with E-state index >= 15 is 0 Å². The van der Waals surface area contributed by atoms with Crippen molar-refractivity contribution >= 4 is 5.91 Å². The van der Waals surface area contributed by atoms with Gasteiger partial charge in [0.25, 0.3) is 0 Å². The minimum absolute atomic E-state index is 0.107. The largest absolute Gasteiger partial charge is 0.478 e. The van der Waals surface area contributed by atoms with Crippen LogP contribution in [0, 0.1) is 5.92 Å². The van der Waals surface area contributed by atoms with Gasteiger partial charge in [-0.2, -0.15) is 0 Å². The van der Waals surface area contributed by atoms with Crippen molar-refractivity contribution in [3.05, 3.63) is 48.4 Å². The lowest BCUT2D eigenvalue weighted by Gasteiger charge is -2.37. The first-order valence-corrected chi connectivity index (χ1v) is 9.37. The highest BCUT2D eigenvalue weighted by Crippen LogP contribution is 2.27. The van der Waals surface area contributed by atoms with E-state index in [4.69, 9.17) is 9.47 Å². The number of carbonyl (C=O) groups excluding carboxylic acids is 1. The third kappa shape index (κ3) is 3.75. The van der Waals surface area contributed by atoms with Gasteiger partial charge in [0.1, 0.15) is 0 Å². The Hall–Kier alpha value is -2.34. The van der Waals surface area contributed by atoms with Crippen molar-refractivity contribution in [1.82, 2.24) is 14.5 Å². The molecule has 0 unspecified atom stereocenters. The smallest absolute Gasteiger partial charge is 0.226 e. The van der Waals surface area contributed by atoms with Gasteiger partial charge >= 0.3 is 0 Å². The van der Waals surface area contributed by atoms with Crippen LogP contribution in [0.5, 0.6) is 5.88 Å². The van der Waals surface area contributed by atoms with Crippen LogP contribution in [0.3, 0.4) is 0 Å². The monoisotopic (exact) mass is 355 g/mol. The van der Waals surface area contributed by atoms with Gasteiger partial charge in [-0.15, -0.1) is 0 Å². The number of aromatic nitrogens is 2. The van der Waals surface area contributed by atoms with Crippen molar-refractivity contribution in [2.24, 2.45) is 5.92 Å². The van der Waals surface area contributed by atoms with Crippen LogP contribution in [0.2, 0.25) is 0 Å². The first-order chi connectivity index (χ1) is 12.8. The summed E-state index contributed by atoms with van der Waals surface area (Å²) in [6, 6.07) is 10.1. The van der Waals surface area contributed by atoms with Gasteiger partial charge in [-0.1, -0.05) is 6.07 Å². The van der Waals surface area contributed by atoms with E-state index in [9.17, 15) is 4.79 Å². The Kier molecular flexibility index (Phi) is 5.20. The summed E-state index contributed by atoms with van der Waals surface area (Å²) in [5, 5.41) is 0. The zero-order valence-electron chi connectivity index (χ0n) is 14.9. The summed E-state index contributed by atoms with van der Waals surface area (Å²) in [6.07, 6.45) is 6.36. The number of amides is 1. The maximum absolute atomic E-state index is 12.9. The predicted octanol–water partition coefficient (Wildman–Crippen LogP) is 2.66. The molecular weight excluding hydrogens is 330 g/mol. The Balaban J connectivity index is 1.40. The van der Waals surface area contributed by atoms with Crippen LogP contribution in [0.1, 0.15) is 31.0 Å². The molecule has 26 heavy (non-hydrogen) atoms. The molecule has 0 N–H and O–H groups in total. The lowest BCUT2D eigenvalue weighted by Crippen LogP contribution is -2.44. The lowest BCUT2D eigenvalue weighted by atomic mass is 9.97. The molecule has 4 heterocycles. The molecule has 138 valence electrons. The van der Waals surface area contributed by atoms with Gasteiger partial charge in [-0.3, -0.25) is 4.79 Å². The Bertz CT molecular complexity index is 725. The standard InChI is InChI=1S/C20H25N3O3/c24-20(16-6-11-25-12-7-16)22-14-17-4-3-10-23(17)18(15-22)8-13-26-19-5-1-2-9-21-19/h1-5,9-10,16,18H,6-8,11-15H2/t18-/m1/s1. The van der Waals surface area contributed by atoms with E-state index in [0.29, 0.717) is 32.2 Å². The number of rotatable bonds is 5. The molecule has 2 aromatic rings. The highest BCUT2D eigenvalue weighted by atomic mass is 16.5. The van der Waals surface area contributed by atoms with Gasteiger partial charge in [0.15, 0.2) is 0 Å². The fraction of sp³-hybridized carbons (Fsp3) is 0.500. The van der Waals surface area contributed by atoms with Gasteiger partial charge in [0.05, 0.1) is 19.2 Å². The number of pyridine rings is 1. The number of fused-ring (bicyclic) bond motifs is 1. The summed E-state index contributed by atoms with van der Waals surface area (Å²) >= 11 is 0. The molecule has 2 aliphatic rings. The quantitative estimate of drug-likeness (QED) is 0.827. The molecule has 0 radical (unpaired) electrons. The maximum atomic E-state index is 12.9. The second-order valence-corrected chi connectivity index (χ2v) is 6.97. The molecule has 0 spiro atoms. The summed E-state index contributed by atoms with van der Waals surface area (Å²) in [5.41, 5.74) is 1.19. The minimum Gasteiger partial charge on any atom is -0.478 e. The van der Waals surface area contributed by atoms with Gasteiger partial charge in [0.2, 0.25) is 11.8 Å². The van der Waals surface area contributed by atoms with Gasteiger partial charge < -0.3 is 18.9 Å². The molecule has 2 aliphatic heterocycles. The summed E-state index contributed by atoms with van der Waals surface area (Å²) in [7, 11) is 0. The van der Waals surface area contributed by atoms with Crippen molar-refractivity contribution < 1.29 is 14.3 Å². The molecule has 0 saturated carbocycles. The van der Waals surface area contributed by atoms with Gasteiger partial charge in [-0.05, 0) is 31.0 Å². The number of nitrogens with zero attached hydrogens (tertiary/aromatic N) is 3. The summed E-state index contributed by atoms with van der Waals surface area (Å²) in [4.78, 5) is 19.2. The van der Waals surface area contributed by atoms with E-state index in [0.717, 1.165) is 25.8 Å². The van der Waals surface area contributed by atoms with Crippen LogP contribution in [-0.4, -0.2) is 46.7 Å². The molecular formula is C20H25N3O3. The summed E-state index contributed by atoms with van der Waals surface area (Å²) in [5.74, 6) is 1.03. The number of hydrogen-bond donors (Lipinski definition) is 0. The average molecular weight is 355 g/mol. The molecule has 6 nitrogen and oxygen atoms in total. The molecule has 0 bridgehead atoms.